The Morgan fingerprint density at radius 1 is 0.657 bits per heavy atom. The highest BCUT2D eigenvalue weighted by Crippen LogP contribution is 2.13. The number of carbonyl (C=O) groups excluding carboxylic acids is 1. The summed E-state index contributed by atoms with van der Waals surface area (Å²) in [6.45, 7) is 8.28. The van der Waals surface area contributed by atoms with Crippen molar-refractivity contribution in [3.63, 3.8) is 0 Å². The molecule has 1 aliphatic heterocycles. The maximum atomic E-state index is 12.4. The van der Waals surface area contributed by atoms with Gasteiger partial charge in [-0.15, -0.1) is 0 Å². The van der Waals surface area contributed by atoms with Gasteiger partial charge in [0, 0.05) is 19.0 Å². The maximum Gasteiger partial charge on any atom is 0.221 e. The molecule has 206 valence electrons. The highest BCUT2D eigenvalue weighted by atomic mass is 16.1. The summed E-state index contributed by atoms with van der Waals surface area (Å²) >= 11 is 0. The van der Waals surface area contributed by atoms with Crippen LogP contribution in [0.2, 0.25) is 0 Å². The van der Waals surface area contributed by atoms with Crippen molar-refractivity contribution in [1.29, 1.82) is 0 Å². The van der Waals surface area contributed by atoms with Crippen molar-refractivity contribution >= 4 is 5.91 Å². The summed E-state index contributed by atoms with van der Waals surface area (Å²) < 4.78 is 0. The Bertz CT molecular complexity index is 483. The van der Waals surface area contributed by atoms with Gasteiger partial charge in [0.15, 0.2) is 0 Å². The van der Waals surface area contributed by atoms with Crippen LogP contribution in [0.5, 0.6) is 0 Å². The molecule has 0 bridgehead atoms. The molecule has 35 heavy (non-hydrogen) atoms. The molecular formula is C30H60N4O. The van der Waals surface area contributed by atoms with Gasteiger partial charge in [-0.05, 0) is 84.1 Å². The number of hydrogen-bond acceptors (Lipinski definition) is 4. The molecular weight excluding hydrogens is 432 g/mol. The van der Waals surface area contributed by atoms with Crippen molar-refractivity contribution in [2.45, 2.75) is 135 Å². The van der Waals surface area contributed by atoms with Crippen LogP contribution >= 0.6 is 0 Å². The van der Waals surface area contributed by atoms with Crippen LogP contribution in [0.15, 0.2) is 12.2 Å². The standard InChI is InChI=1S/C30H60N4O/c1-2-3-4-5-6-7-8-9-10-11-12-13-14-15-16-21-29-28-30(35)34-27-20-25-32-23-18-17-22-31-24-19-26-33-29/h4-5,29,31-33H,2-3,6-28H2,1H3,(H,34,35). The zero-order chi connectivity index (χ0) is 25.1. The van der Waals surface area contributed by atoms with Gasteiger partial charge in [-0.25, -0.2) is 0 Å². The van der Waals surface area contributed by atoms with Gasteiger partial charge in [0.25, 0.3) is 0 Å². The first-order chi connectivity index (χ1) is 17.3. The van der Waals surface area contributed by atoms with E-state index in [-0.39, 0.29) is 5.91 Å². The third-order valence-electron chi connectivity index (χ3n) is 7.00. The Morgan fingerprint density at radius 3 is 1.86 bits per heavy atom. The molecule has 5 nitrogen and oxygen atoms in total. The smallest absolute Gasteiger partial charge is 0.221 e. The van der Waals surface area contributed by atoms with E-state index in [1.807, 2.05) is 0 Å². The van der Waals surface area contributed by atoms with Crippen LogP contribution in [0.3, 0.4) is 0 Å². The lowest BCUT2D eigenvalue weighted by molar-refractivity contribution is -0.121. The first-order valence-corrected chi connectivity index (χ1v) is 15.4. The fourth-order valence-corrected chi connectivity index (χ4v) is 4.75. The number of rotatable bonds is 15. The lowest BCUT2D eigenvalue weighted by atomic mass is 10.0. The molecule has 1 rings (SSSR count). The number of hydrogen-bond donors (Lipinski definition) is 4. The van der Waals surface area contributed by atoms with Crippen molar-refractivity contribution in [3.05, 3.63) is 12.2 Å². The topological polar surface area (TPSA) is 65.2 Å². The van der Waals surface area contributed by atoms with Gasteiger partial charge >= 0.3 is 0 Å². The molecule has 0 aromatic carbocycles. The summed E-state index contributed by atoms with van der Waals surface area (Å²) in [5.41, 5.74) is 0. The van der Waals surface area contributed by atoms with E-state index in [1.165, 1.54) is 96.3 Å². The summed E-state index contributed by atoms with van der Waals surface area (Å²) in [6.07, 6.45) is 28.4. The largest absolute Gasteiger partial charge is 0.356 e. The predicted octanol–water partition coefficient (Wildman–Crippen LogP) is 6.24. The van der Waals surface area contributed by atoms with Gasteiger partial charge in [-0.3, -0.25) is 4.79 Å². The van der Waals surface area contributed by atoms with Crippen LogP contribution in [0.1, 0.15) is 129 Å². The van der Waals surface area contributed by atoms with Crippen molar-refractivity contribution in [2.24, 2.45) is 0 Å². The summed E-state index contributed by atoms with van der Waals surface area (Å²) in [5.74, 6) is 0.210. The zero-order valence-electron chi connectivity index (χ0n) is 23.3. The Hall–Kier alpha value is -0.910. The van der Waals surface area contributed by atoms with Crippen molar-refractivity contribution in [3.8, 4) is 0 Å². The van der Waals surface area contributed by atoms with E-state index in [9.17, 15) is 4.79 Å². The van der Waals surface area contributed by atoms with Gasteiger partial charge in [-0.1, -0.05) is 83.3 Å². The van der Waals surface area contributed by atoms with Gasteiger partial charge in [0.05, 0.1) is 0 Å². The van der Waals surface area contributed by atoms with Crippen LogP contribution in [-0.2, 0) is 4.79 Å². The number of allylic oxidation sites excluding steroid dienone is 2. The third kappa shape index (κ3) is 23.3. The van der Waals surface area contributed by atoms with E-state index >= 15 is 0 Å². The molecule has 0 radical (unpaired) electrons. The first kappa shape index (κ1) is 32.1. The fourth-order valence-electron chi connectivity index (χ4n) is 4.75. The minimum atomic E-state index is 0.210. The Balaban J connectivity index is 2.07. The molecule has 4 N–H and O–H groups in total. The Kier molecular flexibility index (Phi) is 24.0. The molecule has 1 saturated heterocycles. The van der Waals surface area contributed by atoms with Gasteiger partial charge < -0.3 is 21.3 Å². The summed E-state index contributed by atoms with van der Waals surface area (Å²) in [6, 6.07) is 0.320. The SMILES string of the molecule is CCCC=CCCCCCCCCCCCCC1CC(=O)NCCCNCCCCNCCCN1. The van der Waals surface area contributed by atoms with E-state index in [0.717, 1.165) is 58.5 Å². The second-order valence-electron chi connectivity index (χ2n) is 10.5. The lowest BCUT2D eigenvalue weighted by Crippen LogP contribution is -2.37. The molecule has 1 unspecified atom stereocenters. The zero-order valence-corrected chi connectivity index (χ0v) is 23.3. The quantitative estimate of drug-likeness (QED) is 0.161. The molecule has 0 saturated carbocycles. The Morgan fingerprint density at radius 2 is 1.20 bits per heavy atom. The van der Waals surface area contributed by atoms with E-state index < -0.39 is 0 Å². The summed E-state index contributed by atoms with van der Waals surface area (Å²) in [4.78, 5) is 12.4. The first-order valence-electron chi connectivity index (χ1n) is 15.4. The minimum absolute atomic E-state index is 0.210. The van der Waals surface area contributed by atoms with Crippen LogP contribution in [0, 0.1) is 0 Å². The Labute approximate surface area is 218 Å². The van der Waals surface area contributed by atoms with E-state index in [4.69, 9.17) is 0 Å². The minimum Gasteiger partial charge on any atom is -0.356 e. The van der Waals surface area contributed by atoms with Crippen molar-refractivity contribution in [1.82, 2.24) is 21.3 Å². The molecule has 1 amide bonds. The van der Waals surface area contributed by atoms with Crippen LogP contribution in [0.4, 0.5) is 0 Å². The van der Waals surface area contributed by atoms with Crippen molar-refractivity contribution in [2.75, 3.05) is 39.3 Å². The molecule has 0 aliphatic carbocycles. The highest BCUT2D eigenvalue weighted by molar-refractivity contribution is 5.76. The van der Waals surface area contributed by atoms with Gasteiger partial charge in [0.2, 0.25) is 5.91 Å². The molecule has 0 aromatic heterocycles. The summed E-state index contributed by atoms with van der Waals surface area (Å²) in [5, 5.41) is 13.8. The maximum absolute atomic E-state index is 12.4. The monoisotopic (exact) mass is 492 g/mol. The molecule has 1 aliphatic rings. The van der Waals surface area contributed by atoms with E-state index in [0.29, 0.717) is 12.5 Å². The predicted molar refractivity (Wildman–Crippen MR) is 153 cm³/mol. The number of amides is 1. The highest BCUT2D eigenvalue weighted by Gasteiger charge is 2.13. The van der Waals surface area contributed by atoms with Gasteiger partial charge in [-0.2, -0.15) is 0 Å². The number of carbonyl (C=O) groups is 1. The average molecular weight is 493 g/mol. The van der Waals surface area contributed by atoms with Crippen LogP contribution < -0.4 is 21.3 Å². The third-order valence-corrected chi connectivity index (χ3v) is 7.00. The van der Waals surface area contributed by atoms with Crippen molar-refractivity contribution < 1.29 is 4.79 Å². The lowest BCUT2D eigenvalue weighted by Gasteiger charge is -2.19. The average Bonchev–Trinajstić information content (AvgIpc) is 2.86. The fraction of sp³-hybridized carbons (Fsp3) is 0.900. The molecule has 1 fully saturated rings. The second-order valence-corrected chi connectivity index (χ2v) is 10.5. The number of nitrogens with one attached hydrogen (secondary N) is 4. The number of unbranched alkanes of at least 4 members (excludes halogenated alkanes) is 11. The molecule has 1 atom stereocenters. The van der Waals surface area contributed by atoms with E-state index in [2.05, 4.69) is 40.3 Å². The summed E-state index contributed by atoms with van der Waals surface area (Å²) in [7, 11) is 0. The molecule has 0 aromatic rings. The van der Waals surface area contributed by atoms with Gasteiger partial charge in [0.1, 0.15) is 0 Å². The molecule has 0 spiro atoms. The molecule has 1 heterocycles. The van der Waals surface area contributed by atoms with E-state index in [1.54, 1.807) is 0 Å². The van der Waals surface area contributed by atoms with Crippen LogP contribution in [-0.4, -0.2) is 51.2 Å². The second kappa shape index (κ2) is 26.2. The van der Waals surface area contributed by atoms with Crippen LogP contribution in [0.25, 0.3) is 0 Å². The normalized spacial score (nSPS) is 20.0. The molecule has 5 heteroatoms.